The molecule has 0 atom stereocenters. The van der Waals surface area contributed by atoms with Crippen LogP contribution in [-0.4, -0.2) is 15.4 Å². The third-order valence-corrected chi connectivity index (χ3v) is 3.27. The van der Waals surface area contributed by atoms with Crippen LogP contribution in [0.3, 0.4) is 0 Å². The maximum Gasteiger partial charge on any atom is 0.285 e. The summed E-state index contributed by atoms with van der Waals surface area (Å²) in [5.41, 5.74) is -0.111. The van der Waals surface area contributed by atoms with Crippen LogP contribution in [0.5, 0.6) is 0 Å². The van der Waals surface area contributed by atoms with Crippen molar-refractivity contribution in [2.24, 2.45) is 0 Å². The first-order chi connectivity index (χ1) is 9.95. The Morgan fingerprint density at radius 1 is 1.33 bits per heavy atom. The molecule has 0 aliphatic carbocycles. The van der Waals surface area contributed by atoms with Crippen LogP contribution >= 0.6 is 22.6 Å². The van der Waals surface area contributed by atoms with Crippen molar-refractivity contribution in [3.05, 3.63) is 66.6 Å². The van der Waals surface area contributed by atoms with Crippen LogP contribution in [-0.2, 0) is 11.3 Å². The van der Waals surface area contributed by atoms with Crippen molar-refractivity contribution in [3.63, 3.8) is 0 Å². The van der Waals surface area contributed by atoms with Crippen molar-refractivity contribution in [1.82, 2.24) is 4.57 Å². The highest BCUT2D eigenvalue weighted by Crippen LogP contribution is 2.12. The molecule has 1 heterocycles. The number of nitrogens with one attached hydrogen (secondary N) is 1. The Balaban J connectivity index is 2.14. The SMILES string of the molecule is O=C(Cn1cc([N+](=O)[O-])ccc1=O)Nc1cccc(I)c1. The van der Waals surface area contributed by atoms with E-state index in [2.05, 4.69) is 27.9 Å². The van der Waals surface area contributed by atoms with Gasteiger partial charge in [0, 0.05) is 21.4 Å². The predicted molar refractivity (Wildman–Crippen MR) is 85.1 cm³/mol. The van der Waals surface area contributed by atoms with Crippen molar-refractivity contribution in [2.75, 3.05) is 5.32 Å². The quantitative estimate of drug-likeness (QED) is 0.484. The standard InChI is InChI=1S/C13H10IN3O4/c14-9-2-1-3-10(6-9)15-12(18)8-16-7-11(17(20)21)4-5-13(16)19/h1-7H,8H2,(H,15,18). The fraction of sp³-hybridized carbons (Fsp3) is 0.0769. The predicted octanol–water partition coefficient (Wildman–Crippen LogP) is 2.00. The van der Waals surface area contributed by atoms with Gasteiger partial charge in [-0.1, -0.05) is 6.07 Å². The molecule has 0 fully saturated rings. The Bertz CT molecular complexity index is 757. The van der Waals surface area contributed by atoms with E-state index in [-0.39, 0.29) is 12.2 Å². The van der Waals surface area contributed by atoms with E-state index in [1.807, 2.05) is 6.07 Å². The molecule has 7 nitrogen and oxygen atoms in total. The van der Waals surface area contributed by atoms with Crippen LogP contribution in [0.2, 0.25) is 0 Å². The maximum absolute atomic E-state index is 11.9. The summed E-state index contributed by atoms with van der Waals surface area (Å²) in [5, 5.41) is 13.3. The number of halogens is 1. The number of aromatic nitrogens is 1. The lowest BCUT2D eigenvalue weighted by molar-refractivity contribution is -0.385. The molecule has 0 saturated heterocycles. The molecule has 1 amide bonds. The van der Waals surface area contributed by atoms with E-state index in [0.717, 1.165) is 26.5 Å². The first-order valence-electron chi connectivity index (χ1n) is 5.86. The molecule has 1 N–H and O–H groups in total. The summed E-state index contributed by atoms with van der Waals surface area (Å²) < 4.78 is 1.96. The molecule has 1 aromatic carbocycles. The Hall–Kier alpha value is -2.23. The minimum absolute atomic E-state index is 0.239. The zero-order valence-electron chi connectivity index (χ0n) is 10.7. The van der Waals surface area contributed by atoms with E-state index >= 15 is 0 Å². The summed E-state index contributed by atoms with van der Waals surface area (Å²) in [6.07, 6.45) is 1.05. The van der Waals surface area contributed by atoms with Gasteiger partial charge < -0.3 is 5.32 Å². The molecular weight excluding hydrogens is 389 g/mol. The van der Waals surface area contributed by atoms with Gasteiger partial charge in [-0.25, -0.2) is 0 Å². The smallest absolute Gasteiger partial charge is 0.285 e. The zero-order valence-corrected chi connectivity index (χ0v) is 12.8. The van der Waals surface area contributed by atoms with Crippen molar-refractivity contribution in [3.8, 4) is 0 Å². The van der Waals surface area contributed by atoms with Crippen molar-refractivity contribution >= 4 is 39.9 Å². The monoisotopic (exact) mass is 399 g/mol. The van der Waals surface area contributed by atoms with Gasteiger partial charge in [0.25, 0.3) is 11.2 Å². The summed E-state index contributed by atoms with van der Waals surface area (Å²) in [6, 6.07) is 9.33. The number of carbonyl (C=O) groups is 1. The second kappa shape index (κ2) is 6.48. The highest BCUT2D eigenvalue weighted by atomic mass is 127. The van der Waals surface area contributed by atoms with E-state index in [9.17, 15) is 19.7 Å². The number of hydrogen-bond acceptors (Lipinski definition) is 4. The minimum atomic E-state index is -0.618. The first-order valence-corrected chi connectivity index (χ1v) is 6.94. The fourth-order valence-electron chi connectivity index (χ4n) is 1.67. The number of hydrogen-bond donors (Lipinski definition) is 1. The van der Waals surface area contributed by atoms with Gasteiger partial charge in [-0.15, -0.1) is 0 Å². The van der Waals surface area contributed by atoms with Crippen LogP contribution in [0, 0.1) is 13.7 Å². The van der Waals surface area contributed by atoms with E-state index in [1.165, 1.54) is 0 Å². The Labute approximate surface area is 132 Å². The second-order valence-electron chi connectivity index (χ2n) is 4.17. The van der Waals surface area contributed by atoms with E-state index in [4.69, 9.17) is 0 Å². The third kappa shape index (κ3) is 4.12. The molecule has 0 aliphatic rings. The Morgan fingerprint density at radius 3 is 2.76 bits per heavy atom. The van der Waals surface area contributed by atoms with E-state index in [1.54, 1.807) is 18.2 Å². The highest BCUT2D eigenvalue weighted by molar-refractivity contribution is 14.1. The lowest BCUT2D eigenvalue weighted by atomic mass is 10.3. The highest BCUT2D eigenvalue weighted by Gasteiger charge is 2.10. The fourth-order valence-corrected chi connectivity index (χ4v) is 2.21. The summed E-state index contributed by atoms with van der Waals surface area (Å²) in [4.78, 5) is 33.5. The molecule has 1 aromatic heterocycles. The molecule has 108 valence electrons. The van der Waals surface area contributed by atoms with Gasteiger partial charge in [-0.2, -0.15) is 0 Å². The average molecular weight is 399 g/mol. The summed E-state index contributed by atoms with van der Waals surface area (Å²) >= 11 is 2.11. The van der Waals surface area contributed by atoms with Gasteiger partial charge in [-0.3, -0.25) is 24.3 Å². The number of amides is 1. The van der Waals surface area contributed by atoms with Crippen LogP contribution < -0.4 is 10.9 Å². The number of anilines is 1. The molecule has 0 aliphatic heterocycles. The molecule has 8 heteroatoms. The van der Waals surface area contributed by atoms with Gasteiger partial charge >= 0.3 is 0 Å². The van der Waals surface area contributed by atoms with E-state index < -0.39 is 16.4 Å². The third-order valence-electron chi connectivity index (χ3n) is 2.60. The largest absolute Gasteiger partial charge is 0.325 e. The van der Waals surface area contributed by atoms with Gasteiger partial charge in [0.05, 0.1) is 11.1 Å². The molecule has 0 saturated carbocycles. The molecule has 2 rings (SSSR count). The minimum Gasteiger partial charge on any atom is -0.325 e. The molecule has 0 spiro atoms. The van der Waals surface area contributed by atoms with Gasteiger partial charge in [-0.05, 0) is 40.8 Å². The molecule has 0 radical (unpaired) electrons. The second-order valence-corrected chi connectivity index (χ2v) is 5.41. The number of rotatable bonds is 4. The summed E-state index contributed by atoms with van der Waals surface area (Å²) in [7, 11) is 0. The van der Waals surface area contributed by atoms with Crippen molar-refractivity contribution in [2.45, 2.75) is 6.54 Å². The van der Waals surface area contributed by atoms with Crippen LogP contribution in [0.4, 0.5) is 11.4 Å². The summed E-state index contributed by atoms with van der Waals surface area (Å²) in [5.74, 6) is -0.431. The zero-order chi connectivity index (χ0) is 15.4. The normalized spacial score (nSPS) is 10.1. The van der Waals surface area contributed by atoms with Crippen molar-refractivity contribution < 1.29 is 9.72 Å². The molecule has 21 heavy (non-hydrogen) atoms. The average Bonchev–Trinajstić information content (AvgIpc) is 2.41. The Kier molecular flexibility index (Phi) is 4.68. The van der Waals surface area contributed by atoms with Crippen LogP contribution in [0.1, 0.15) is 0 Å². The summed E-state index contributed by atoms with van der Waals surface area (Å²) in [6.45, 7) is -0.286. The van der Waals surface area contributed by atoms with Gasteiger partial charge in [0.15, 0.2) is 0 Å². The number of nitrogens with zero attached hydrogens (tertiary/aromatic N) is 2. The molecule has 2 aromatic rings. The molecule has 0 bridgehead atoms. The van der Waals surface area contributed by atoms with Crippen LogP contribution in [0.15, 0.2) is 47.4 Å². The van der Waals surface area contributed by atoms with E-state index in [0.29, 0.717) is 5.69 Å². The van der Waals surface area contributed by atoms with Gasteiger partial charge in [0.2, 0.25) is 5.91 Å². The van der Waals surface area contributed by atoms with Crippen molar-refractivity contribution in [1.29, 1.82) is 0 Å². The number of carbonyl (C=O) groups excluding carboxylic acids is 1. The topological polar surface area (TPSA) is 94.2 Å². The lowest BCUT2D eigenvalue weighted by Crippen LogP contribution is -2.26. The number of pyridine rings is 1. The molecule has 0 unspecified atom stereocenters. The Morgan fingerprint density at radius 2 is 2.10 bits per heavy atom. The van der Waals surface area contributed by atoms with Gasteiger partial charge in [0.1, 0.15) is 6.54 Å². The number of benzene rings is 1. The first kappa shape index (κ1) is 15.2. The molecular formula is C13H10IN3O4. The van der Waals surface area contributed by atoms with Crippen LogP contribution in [0.25, 0.3) is 0 Å². The lowest BCUT2D eigenvalue weighted by Gasteiger charge is -2.07. The number of nitro groups is 1. The maximum atomic E-state index is 11.9.